The summed E-state index contributed by atoms with van der Waals surface area (Å²) in [4.78, 5) is 13.5. The SMILES string of the molecule is CC.CC1CCn2nc(Br)cc2N(C)C1=O. The van der Waals surface area contributed by atoms with E-state index in [2.05, 4.69) is 21.0 Å². The summed E-state index contributed by atoms with van der Waals surface area (Å²) in [5.41, 5.74) is 0. The Labute approximate surface area is 105 Å². The number of aryl methyl sites for hydroxylation is 1. The van der Waals surface area contributed by atoms with E-state index in [0.717, 1.165) is 23.4 Å². The average molecular weight is 288 g/mol. The van der Waals surface area contributed by atoms with Crippen LogP contribution in [0.25, 0.3) is 0 Å². The number of hydrogen-bond acceptors (Lipinski definition) is 2. The molecule has 0 aromatic carbocycles. The molecule has 16 heavy (non-hydrogen) atoms. The van der Waals surface area contributed by atoms with Gasteiger partial charge in [0.1, 0.15) is 10.4 Å². The molecule has 1 aromatic heterocycles. The molecular weight excluding hydrogens is 270 g/mol. The lowest BCUT2D eigenvalue weighted by Crippen LogP contribution is -2.30. The van der Waals surface area contributed by atoms with Gasteiger partial charge in [-0.1, -0.05) is 20.8 Å². The summed E-state index contributed by atoms with van der Waals surface area (Å²) < 4.78 is 2.65. The number of nitrogens with zero attached hydrogens (tertiary/aromatic N) is 3. The van der Waals surface area contributed by atoms with Gasteiger partial charge in [0, 0.05) is 25.6 Å². The minimum atomic E-state index is 0.0838. The molecule has 0 N–H and O–H groups in total. The largest absolute Gasteiger partial charge is 0.300 e. The smallest absolute Gasteiger partial charge is 0.230 e. The third-order valence-corrected chi connectivity index (χ3v) is 2.99. The highest BCUT2D eigenvalue weighted by Gasteiger charge is 2.25. The van der Waals surface area contributed by atoms with E-state index in [1.54, 1.807) is 11.9 Å². The molecular formula is C11H18BrN3O. The number of fused-ring (bicyclic) bond motifs is 1. The van der Waals surface area contributed by atoms with Crippen molar-refractivity contribution in [3.8, 4) is 0 Å². The normalized spacial score (nSPS) is 19.7. The molecule has 0 saturated heterocycles. The molecule has 0 saturated carbocycles. The quantitative estimate of drug-likeness (QED) is 0.736. The van der Waals surface area contributed by atoms with Crippen LogP contribution in [-0.4, -0.2) is 22.7 Å². The van der Waals surface area contributed by atoms with Crippen molar-refractivity contribution in [3.05, 3.63) is 10.7 Å². The van der Waals surface area contributed by atoms with Crippen LogP contribution in [0.4, 0.5) is 5.82 Å². The van der Waals surface area contributed by atoms with E-state index < -0.39 is 0 Å². The van der Waals surface area contributed by atoms with Crippen LogP contribution in [0, 0.1) is 5.92 Å². The first-order chi connectivity index (χ1) is 7.59. The van der Waals surface area contributed by atoms with Crippen LogP contribution in [-0.2, 0) is 11.3 Å². The van der Waals surface area contributed by atoms with Gasteiger partial charge in [-0.25, -0.2) is 4.68 Å². The van der Waals surface area contributed by atoms with Crippen LogP contribution in [0.15, 0.2) is 10.7 Å². The molecule has 0 spiro atoms. The predicted octanol–water partition coefficient (Wildman–Crippen LogP) is 2.67. The first-order valence-electron chi connectivity index (χ1n) is 5.60. The Morgan fingerprint density at radius 1 is 1.50 bits per heavy atom. The fourth-order valence-corrected chi connectivity index (χ4v) is 2.09. The molecule has 2 rings (SSSR count). The number of hydrogen-bond donors (Lipinski definition) is 0. The van der Waals surface area contributed by atoms with Crippen molar-refractivity contribution in [2.24, 2.45) is 5.92 Å². The minimum absolute atomic E-state index is 0.0838. The molecule has 1 unspecified atom stereocenters. The Kier molecular flexibility index (Phi) is 4.53. The second-order valence-corrected chi connectivity index (χ2v) is 4.45. The molecule has 1 aliphatic heterocycles. The van der Waals surface area contributed by atoms with Gasteiger partial charge < -0.3 is 0 Å². The predicted molar refractivity (Wildman–Crippen MR) is 68.5 cm³/mol. The second-order valence-electron chi connectivity index (χ2n) is 3.64. The van der Waals surface area contributed by atoms with Crippen molar-refractivity contribution in [3.63, 3.8) is 0 Å². The van der Waals surface area contributed by atoms with Gasteiger partial charge in [-0.05, 0) is 22.4 Å². The number of aromatic nitrogens is 2. The number of amides is 1. The Hall–Kier alpha value is -0.840. The van der Waals surface area contributed by atoms with Gasteiger partial charge in [0.05, 0.1) is 0 Å². The summed E-state index contributed by atoms with van der Waals surface area (Å²) in [6.45, 7) is 6.76. The van der Waals surface area contributed by atoms with Gasteiger partial charge in [-0.15, -0.1) is 0 Å². The highest BCUT2D eigenvalue weighted by Crippen LogP contribution is 2.25. The van der Waals surface area contributed by atoms with E-state index in [-0.39, 0.29) is 11.8 Å². The first-order valence-corrected chi connectivity index (χ1v) is 6.40. The number of rotatable bonds is 0. The molecule has 1 atom stereocenters. The van der Waals surface area contributed by atoms with Gasteiger partial charge in [0.25, 0.3) is 0 Å². The lowest BCUT2D eigenvalue weighted by Gasteiger charge is -2.16. The van der Waals surface area contributed by atoms with Crippen molar-refractivity contribution >= 4 is 27.7 Å². The van der Waals surface area contributed by atoms with Crippen LogP contribution >= 0.6 is 15.9 Å². The van der Waals surface area contributed by atoms with Crippen LogP contribution in [0.2, 0.25) is 0 Å². The average Bonchev–Trinajstić information content (AvgIpc) is 2.64. The number of carbonyl (C=O) groups is 1. The molecule has 0 bridgehead atoms. The molecule has 1 amide bonds. The summed E-state index contributed by atoms with van der Waals surface area (Å²) in [5, 5.41) is 4.27. The monoisotopic (exact) mass is 287 g/mol. The van der Waals surface area contributed by atoms with Crippen LogP contribution in [0.1, 0.15) is 27.2 Å². The zero-order valence-electron chi connectivity index (χ0n) is 10.2. The zero-order valence-corrected chi connectivity index (χ0v) is 11.8. The second kappa shape index (κ2) is 5.48. The van der Waals surface area contributed by atoms with Crippen LogP contribution in [0.5, 0.6) is 0 Å². The maximum atomic E-state index is 11.8. The van der Waals surface area contributed by atoms with Gasteiger partial charge >= 0.3 is 0 Å². The maximum absolute atomic E-state index is 11.8. The lowest BCUT2D eigenvalue weighted by atomic mass is 10.1. The van der Waals surface area contributed by atoms with E-state index >= 15 is 0 Å². The summed E-state index contributed by atoms with van der Waals surface area (Å²) >= 11 is 3.31. The molecule has 5 heteroatoms. The number of halogens is 1. The van der Waals surface area contributed by atoms with Crippen LogP contribution in [0.3, 0.4) is 0 Å². The summed E-state index contributed by atoms with van der Waals surface area (Å²) in [5.74, 6) is 1.11. The molecule has 1 aliphatic rings. The Morgan fingerprint density at radius 3 is 2.75 bits per heavy atom. The van der Waals surface area contributed by atoms with Gasteiger partial charge in [0.2, 0.25) is 5.91 Å². The Bertz CT molecular complexity index is 375. The van der Waals surface area contributed by atoms with E-state index in [0.29, 0.717) is 0 Å². The third kappa shape index (κ3) is 2.45. The number of carbonyl (C=O) groups excluding carboxylic acids is 1. The zero-order chi connectivity index (χ0) is 12.3. The van der Waals surface area contributed by atoms with E-state index in [9.17, 15) is 4.79 Å². The van der Waals surface area contributed by atoms with E-state index in [1.807, 2.05) is 31.5 Å². The highest BCUT2D eigenvalue weighted by molar-refractivity contribution is 9.10. The topological polar surface area (TPSA) is 38.1 Å². The van der Waals surface area contributed by atoms with Gasteiger partial charge in [0.15, 0.2) is 0 Å². The molecule has 0 fully saturated rings. The van der Waals surface area contributed by atoms with Crippen molar-refractivity contribution in [1.82, 2.24) is 9.78 Å². The van der Waals surface area contributed by atoms with Crippen molar-refractivity contribution < 1.29 is 4.79 Å². The van der Waals surface area contributed by atoms with Crippen molar-refractivity contribution in [2.75, 3.05) is 11.9 Å². The summed E-state index contributed by atoms with van der Waals surface area (Å²) in [6.07, 6.45) is 0.851. The van der Waals surface area contributed by atoms with Crippen LogP contribution < -0.4 is 4.90 Å². The van der Waals surface area contributed by atoms with Gasteiger partial charge in [-0.2, -0.15) is 5.10 Å². The molecule has 0 aliphatic carbocycles. The first kappa shape index (κ1) is 13.2. The fourth-order valence-electron chi connectivity index (χ4n) is 1.69. The Balaban J connectivity index is 0.000000606. The highest BCUT2D eigenvalue weighted by atomic mass is 79.9. The van der Waals surface area contributed by atoms with Crippen molar-refractivity contribution in [1.29, 1.82) is 0 Å². The molecule has 1 aromatic rings. The summed E-state index contributed by atoms with van der Waals surface area (Å²) in [6, 6.07) is 1.87. The van der Waals surface area contributed by atoms with Gasteiger partial charge in [-0.3, -0.25) is 9.69 Å². The fraction of sp³-hybridized carbons (Fsp3) is 0.636. The summed E-state index contributed by atoms with van der Waals surface area (Å²) in [7, 11) is 1.80. The lowest BCUT2D eigenvalue weighted by molar-refractivity contribution is -0.121. The minimum Gasteiger partial charge on any atom is -0.300 e. The number of anilines is 1. The maximum Gasteiger partial charge on any atom is 0.230 e. The van der Waals surface area contributed by atoms with E-state index in [1.165, 1.54) is 0 Å². The molecule has 0 radical (unpaired) electrons. The molecule has 2 heterocycles. The standard InChI is InChI=1S/C9H12BrN3O.C2H6/c1-6-3-4-13-8(5-7(10)11-13)12(2)9(6)14;1-2/h5-6H,3-4H2,1-2H3;1-2H3. The third-order valence-electron chi connectivity index (χ3n) is 2.60. The molecule has 4 nitrogen and oxygen atoms in total. The van der Waals surface area contributed by atoms with E-state index in [4.69, 9.17) is 0 Å². The molecule has 90 valence electrons. The Morgan fingerprint density at radius 2 is 2.12 bits per heavy atom. The van der Waals surface area contributed by atoms with Crippen molar-refractivity contribution in [2.45, 2.75) is 33.7 Å².